The molecule has 0 fully saturated rings. The largest absolute Gasteiger partial charge is 0.396 e. The highest BCUT2D eigenvalue weighted by Gasteiger charge is 2.13. The molecule has 2 atom stereocenters. The van der Waals surface area contributed by atoms with Crippen molar-refractivity contribution in [1.82, 2.24) is 0 Å². The van der Waals surface area contributed by atoms with Gasteiger partial charge in [-0.05, 0) is 18.8 Å². The van der Waals surface area contributed by atoms with Crippen LogP contribution < -0.4 is 0 Å². The van der Waals surface area contributed by atoms with E-state index < -0.39 is 0 Å². The van der Waals surface area contributed by atoms with Crippen LogP contribution in [-0.2, 0) is 0 Å². The fourth-order valence-electron chi connectivity index (χ4n) is 1.11. The molecular weight excluding hydrogens is 144 g/mol. The zero-order chi connectivity index (χ0) is 7.98. The van der Waals surface area contributed by atoms with Gasteiger partial charge in [-0.25, -0.2) is 0 Å². The second-order valence-corrected chi connectivity index (χ2v) is 3.37. The molecule has 62 valence electrons. The van der Waals surface area contributed by atoms with Crippen LogP contribution >= 0.6 is 12.6 Å². The van der Waals surface area contributed by atoms with Crippen LogP contribution in [0.5, 0.6) is 0 Å². The smallest absolute Gasteiger partial charge is 0.0469 e. The lowest BCUT2D eigenvalue weighted by Gasteiger charge is -2.18. The van der Waals surface area contributed by atoms with Crippen molar-refractivity contribution in [3.63, 3.8) is 0 Å². The summed E-state index contributed by atoms with van der Waals surface area (Å²) in [4.78, 5) is 0. The molecule has 2 heteroatoms. The van der Waals surface area contributed by atoms with E-state index in [-0.39, 0.29) is 6.61 Å². The first kappa shape index (κ1) is 10.3. The number of aliphatic hydroxyl groups is 1. The van der Waals surface area contributed by atoms with Crippen molar-refractivity contribution in [3.8, 4) is 0 Å². The predicted molar refractivity (Wildman–Crippen MR) is 48.5 cm³/mol. The average Bonchev–Trinajstić information content (AvgIpc) is 1.99. The van der Waals surface area contributed by atoms with E-state index in [1.807, 2.05) is 0 Å². The maximum Gasteiger partial charge on any atom is 0.0469 e. The molecule has 0 radical (unpaired) electrons. The van der Waals surface area contributed by atoms with E-state index in [1.165, 1.54) is 0 Å². The Bertz CT molecular complexity index is 75.7. The van der Waals surface area contributed by atoms with E-state index in [9.17, 15) is 0 Å². The van der Waals surface area contributed by atoms with E-state index >= 15 is 0 Å². The van der Waals surface area contributed by atoms with Crippen molar-refractivity contribution in [2.24, 2.45) is 5.92 Å². The number of aliphatic hydroxyl groups excluding tert-OH is 1. The molecule has 0 aromatic rings. The third kappa shape index (κ3) is 3.47. The summed E-state index contributed by atoms with van der Waals surface area (Å²) in [7, 11) is 0. The Morgan fingerprint density at radius 1 is 1.40 bits per heavy atom. The molecule has 0 bridgehead atoms. The van der Waals surface area contributed by atoms with Gasteiger partial charge >= 0.3 is 0 Å². The summed E-state index contributed by atoms with van der Waals surface area (Å²) < 4.78 is 0. The standard InChI is InChI=1S/C8H18OS/c1-3-5-7(6-9)8(10)4-2/h7-10H,3-6H2,1-2H3. The predicted octanol–water partition coefficient (Wildman–Crippen LogP) is 2.10. The third-order valence-corrected chi connectivity index (χ3v) is 2.64. The molecule has 0 aromatic carbocycles. The summed E-state index contributed by atoms with van der Waals surface area (Å²) in [6, 6.07) is 0. The van der Waals surface area contributed by atoms with Gasteiger partial charge in [0.25, 0.3) is 0 Å². The van der Waals surface area contributed by atoms with Gasteiger partial charge in [0.05, 0.1) is 0 Å². The summed E-state index contributed by atoms with van der Waals surface area (Å²) in [5, 5.41) is 9.29. The van der Waals surface area contributed by atoms with Gasteiger partial charge in [-0.1, -0.05) is 20.3 Å². The van der Waals surface area contributed by atoms with E-state index in [4.69, 9.17) is 5.11 Å². The zero-order valence-electron chi connectivity index (χ0n) is 6.88. The van der Waals surface area contributed by atoms with Gasteiger partial charge in [0.1, 0.15) is 0 Å². The van der Waals surface area contributed by atoms with Crippen molar-refractivity contribution >= 4 is 12.6 Å². The topological polar surface area (TPSA) is 20.2 Å². The molecule has 0 rings (SSSR count). The van der Waals surface area contributed by atoms with Crippen molar-refractivity contribution in [2.45, 2.75) is 38.4 Å². The lowest BCUT2D eigenvalue weighted by Crippen LogP contribution is -2.17. The Morgan fingerprint density at radius 3 is 2.30 bits per heavy atom. The highest BCUT2D eigenvalue weighted by atomic mass is 32.1. The Labute approximate surface area is 69.2 Å². The molecule has 0 heterocycles. The summed E-state index contributed by atoms with van der Waals surface area (Å²) >= 11 is 4.38. The van der Waals surface area contributed by atoms with E-state index in [2.05, 4.69) is 26.5 Å². The molecule has 0 aliphatic rings. The molecule has 0 amide bonds. The molecule has 1 nitrogen and oxygen atoms in total. The summed E-state index contributed by atoms with van der Waals surface area (Å²) in [6.45, 7) is 4.53. The van der Waals surface area contributed by atoms with Gasteiger partial charge in [-0.2, -0.15) is 12.6 Å². The van der Waals surface area contributed by atoms with Gasteiger partial charge in [0.2, 0.25) is 0 Å². The van der Waals surface area contributed by atoms with Crippen molar-refractivity contribution < 1.29 is 5.11 Å². The molecule has 1 N–H and O–H groups in total. The monoisotopic (exact) mass is 162 g/mol. The Kier molecular flexibility index (Phi) is 6.24. The van der Waals surface area contributed by atoms with Crippen molar-refractivity contribution in [2.75, 3.05) is 6.61 Å². The summed E-state index contributed by atoms with van der Waals surface area (Å²) in [5.74, 6) is 0.401. The van der Waals surface area contributed by atoms with Gasteiger partial charge in [0, 0.05) is 11.9 Å². The van der Waals surface area contributed by atoms with Crippen LogP contribution in [0.2, 0.25) is 0 Å². The van der Waals surface area contributed by atoms with E-state index in [1.54, 1.807) is 0 Å². The van der Waals surface area contributed by atoms with Crippen molar-refractivity contribution in [3.05, 3.63) is 0 Å². The highest BCUT2D eigenvalue weighted by Crippen LogP contribution is 2.18. The molecule has 0 aliphatic carbocycles. The molecular formula is C8H18OS. The van der Waals surface area contributed by atoms with E-state index in [0.717, 1.165) is 19.3 Å². The Balaban J connectivity index is 3.56. The molecule has 0 spiro atoms. The van der Waals surface area contributed by atoms with Crippen LogP contribution in [0, 0.1) is 5.92 Å². The van der Waals surface area contributed by atoms with Gasteiger partial charge < -0.3 is 5.11 Å². The normalized spacial score (nSPS) is 16.8. The van der Waals surface area contributed by atoms with E-state index in [0.29, 0.717) is 11.2 Å². The average molecular weight is 162 g/mol. The van der Waals surface area contributed by atoms with Gasteiger partial charge in [-0.15, -0.1) is 0 Å². The molecule has 0 saturated carbocycles. The minimum atomic E-state index is 0.288. The summed E-state index contributed by atoms with van der Waals surface area (Å²) in [6.07, 6.45) is 3.29. The minimum Gasteiger partial charge on any atom is -0.396 e. The van der Waals surface area contributed by atoms with Crippen LogP contribution in [0.25, 0.3) is 0 Å². The maximum atomic E-state index is 8.91. The van der Waals surface area contributed by atoms with Crippen LogP contribution in [0.1, 0.15) is 33.1 Å². The fraction of sp³-hybridized carbons (Fsp3) is 1.00. The molecule has 10 heavy (non-hydrogen) atoms. The third-order valence-electron chi connectivity index (χ3n) is 1.86. The van der Waals surface area contributed by atoms with Crippen molar-refractivity contribution in [1.29, 1.82) is 0 Å². The first-order valence-electron chi connectivity index (χ1n) is 4.05. The number of rotatable bonds is 5. The fourth-order valence-corrected chi connectivity index (χ4v) is 1.35. The van der Waals surface area contributed by atoms with Crippen LogP contribution in [-0.4, -0.2) is 17.0 Å². The number of thiol groups is 1. The van der Waals surface area contributed by atoms with Gasteiger partial charge in [-0.3, -0.25) is 0 Å². The lowest BCUT2D eigenvalue weighted by molar-refractivity contribution is 0.213. The summed E-state index contributed by atoms with van der Waals surface area (Å²) in [5.41, 5.74) is 0. The molecule has 2 unspecified atom stereocenters. The zero-order valence-corrected chi connectivity index (χ0v) is 7.77. The highest BCUT2D eigenvalue weighted by molar-refractivity contribution is 7.81. The van der Waals surface area contributed by atoms with Gasteiger partial charge in [0.15, 0.2) is 0 Å². The second-order valence-electron chi connectivity index (χ2n) is 2.71. The molecule has 0 saturated heterocycles. The SMILES string of the molecule is CCCC(CO)C(S)CC. The second kappa shape index (κ2) is 6.05. The lowest BCUT2D eigenvalue weighted by atomic mass is 9.99. The Hall–Kier alpha value is 0.310. The van der Waals surface area contributed by atoms with Crippen LogP contribution in [0.3, 0.4) is 0 Å². The Morgan fingerprint density at radius 2 is 2.00 bits per heavy atom. The first-order chi connectivity index (χ1) is 4.76. The van der Waals surface area contributed by atoms with Crippen LogP contribution in [0.4, 0.5) is 0 Å². The maximum absolute atomic E-state index is 8.91. The first-order valence-corrected chi connectivity index (χ1v) is 4.56. The molecule has 0 aromatic heterocycles. The van der Waals surface area contributed by atoms with Crippen LogP contribution in [0.15, 0.2) is 0 Å². The minimum absolute atomic E-state index is 0.288. The number of hydrogen-bond donors (Lipinski definition) is 2. The molecule has 0 aliphatic heterocycles. The quantitative estimate of drug-likeness (QED) is 0.593. The number of hydrogen-bond acceptors (Lipinski definition) is 2.